The Morgan fingerprint density at radius 3 is 2.58 bits per heavy atom. The highest BCUT2D eigenvalue weighted by Crippen LogP contribution is 2.26. The standard InChI is InChI=1S/C24H26N4O4S/c1-4-32-14-6-13-27-21(25)20(33(30,31)18-10-8-16(2)9-11-18)15-19-23(27)26-22-17(3)7-5-12-28(22)24(19)29/h5,7-12,15,25H,4,6,13-14H2,1-3H3/p+1. The van der Waals surface area contributed by atoms with Crippen LogP contribution in [0.1, 0.15) is 24.5 Å². The Kier molecular flexibility index (Phi) is 6.18. The van der Waals surface area contributed by atoms with Crippen molar-refractivity contribution in [3.63, 3.8) is 0 Å². The van der Waals surface area contributed by atoms with E-state index < -0.39 is 9.84 Å². The first-order chi connectivity index (χ1) is 15.8. The normalized spacial score (nSPS) is 12.0. The van der Waals surface area contributed by atoms with Crippen molar-refractivity contribution >= 4 is 32.3 Å². The Morgan fingerprint density at radius 2 is 1.88 bits per heavy atom. The van der Waals surface area contributed by atoms with Gasteiger partial charge in [0.15, 0.2) is 0 Å². The van der Waals surface area contributed by atoms with Crippen LogP contribution in [-0.2, 0) is 21.1 Å². The number of benzene rings is 1. The van der Waals surface area contributed by atoms with Gasteiger partial charge in [0.05, 0.1) is 11.4 Å². The average Bonchev–Trinajstić information content (AvgIpc) is 2.79. The second-order valence-corrected chi connectivity index (χ2v) is 9.87. The molecule has 2 N–H and O–H groups in total. The number of nitrogens with two attached hydrogens (primary N) is 1. The second-order valence-electron chi connectivity index (χ2n) is 7.95. The van der Waals surface area contributed by atoms with Crippen LogP contribution in [-0.4, -0.2) is 31.0 Å². The van der Waals surface area contributed by atoms with Gasteiger partial charge in [-0.2, -0.15) is 0 Å². The Morgan fingerprint density at radius 1 is 1.15 bits per heavy atom. The van der Waals surface area contributed by atoms with Gasteiger partial charge in [-0.25, -0.2) is 13.0 Å². The molecule has 3 aromatic heterocycles. The lowest BCUT2D eigenvalue weighted by Crippen LogP contribution is -2.42. The molecule has 0 saturated heterocycles. The van der Waals surface area contributed by atoms with Gasteiger partial charge in [-0.05, 0) is 45.0 Å². The van der Waals surface area contributed by atoms with Crippen molar-refractivity contribution in [3.05, 3.63) is 70.1 Å². The number of aryl methyl sites for hydroxylation is 3. The average molecular weight is 468 g/mol. The Bertz CT molecular complexity index is 1510. The summed E-state index contributed by atoms with van der Waals surface area (Å²) < 4.78 is 35.5. The minimum absolute atomic E-state index is 0.0457. The molecule has 9 heteroatoms. The molecule has 0 unspecified atom stereocenters. The molecule has 0 radical (unpaired) electrons. The molecule has 8 nitrogen and oxygen atoms in total. The molecule has 0 spiro atoms. The third kappa shape index (κ3) is 4.09. The summed E-state index contributed by atoms with van der Waals surface area (Å²) in [5, 5.41) is 0.189. The lowest BCUT2D eigenvalue weighted by molar-refractivity contribution is -0.661. The molecule has 172 valence electrons. The molecule has 33 heavy (non-hydrogen) atoms. The van der Waals surface area contributed by atoms with E-state index in [9.17, 15) is 13.2 Å². The molecule has 1 aromatic carbocycles. The summed E-state index contributed by atoms with van der Waals surface area (Å²) in [6.07, 6.45) is 2.21. The van der Waals surface area contributed by atoms with Crippen molar-refractivity contribution in [1.82, 2.24) is 9.38 Å². The largest absolute Gasteiger partial charge is 0.382 e. The zero-order valence-electron chi connectivity index (χ0n) is 18.9. The number of sulfone groups is 1. The van der Waals surface area contributed by atoms with Crippen molar-refractivity contribution in [3.8, 4) is 0 Å². The molecule has 0 atom stereocenters. The maximum atomic E-state index is 13.5. The Labute approximate surface area is 192 Å². The van der Waals surface area contributed by atoms with Gasteiger partial charge in [-0.3, -0.25) is 9.20 Å². The molecule has 0 aliphatic carbocycles. The monoisotopic (exact) mass is 467 g/mol. The number of rotatable bonds is 7. The fourth-order valence-electron chi connectivity index (χ4n) is 3.84. The number of nitrogen functional groups attached to an aromatic ring is 1. The van der Waals surface area contributed by atoms with E-state index in [0.29, 0.717) is 37.5 Å². The SMILES string of the molecule is CCOCCC[n+]1c(N)c(S(=O)(=O)c2ccc(C)cc2)cc2c(=O)n3cccc(C)c3nc21. The van der Waals surface area contributed by atoms with E-state index in [4.69, 9.17) is 15.5 Å². The summed E-state index contributed by atoms with van der Waals surface area (Å²) in [6.45, 7) is 7.06. The predicted molar refractivity (Wildman–Crippen MR) is 126 cm³/mol. The molecule has 0 fully saturated rings. The fraction of sp³-hybridized carbons (Fsp3) is 0.292. The molecule has 4 rings (SSSR count). The van der Waals surface area contributed by atoms with Crippen LogP contribution in [0.3, 0.4) is 0 Å². The number of hydrogen-bond donors (Lipinski definition) is 1. The maximum absolute atomic E-state index is 13.5. The molecule has 0 aliphatic rings. The smallest absolute Gasteiger partial charge is 0.278 e. The summed E-state index contributed by atoms with van der Waals surface area (Å²) in [6, 6.07) is 11.5. The van der Waals surface area contributed by atoms with Crippen LogP contribution in [0.2, 0.25) is 0 Å². The summed E-state index contributed by atoms with van der Waals surface area (Å²) in [5.41, 5.74) is 8.72. The van der Waals surface area contributed by atoms with Gasteiger partial charge in [0.1, 0.15) is 10.3 Å². The van der Waals surface area contributed by atoms with Crippen molar-refractivity contribution in [2.75, 3.05) is 18.9 Å². The number of fused-ring (bicyclic) bond motifs is 2. The van der Waals surface area contributed by atoms with Crippen molar-refractivity contribution in [1.29, 1.82) is 0 Å². The van der Waals surface area contributed by atoms with Crippen LogP contribution in [0.5, 0.6) is 0 Å². The number of aromatic nitrogens is 3. The number of ether oxygens (including phenoxy) is 1. The zero-order chi connectivity index (χ0) is 23.8. The zero-order valence-corrected chi connectivity index (χ0v) is 19.7. The first-order valence-electron chi connectivity index (χ1n) is 10.8. The Hall–Kier alpha value is -3.30. The fourth-order valence-corrected chi connectivity index (χ4v) is 5.25. The van der Waals surface area contributed by atoms with Gasteiger partial charge in [0.25, 0.3) is 11.2 Å². The molecular weight excluding hydrogens is 440 g/mol. The minimum Gasteiger partial charge on any atom is -0.382 e. The van der Waals surface area contributed by atoms with Gasteiger partial charge < -0.3 is 10.5 Å². The minimum atomic E-state index is -3.97. The molecule has 0 saturated carbocycles. The van der Waals surface area contributed by atoms with Gasteiger partial charge in [0.2, 0.25) is 21.3 Å². The van der Waals surface area contributed by atoms with Crippen LogP contribution in [0.15, 0.2) is 63.2 Å². The van der Waals surface area contributed by atoms with Crippen molar-refractivity contribution < 1.29 is 17.7 Å². The lowest BCUT2D eigenvalue weighted by atomic mass is 10.2. The van der Waals surface area contributed by atoms with E-state index >= 15 is 0 Å². The van der Waals surface area contributed by atoms with Gasteiger partial charge in [-0.1, -0.05) is 28.7 Å². The summed E-state index contributed by atoms with van der Waals surface area (Å²) >= 11 is 0. The predicted octanol–water partition coefficient (Wildman–Crippen LogP) is 2.59. The highest BCUT2D eigenvalue weighted by atomic mass is 32.2. The Balaban J connectivity index is 2.03. The van der Waals surface area contributed by atoms with Crippen LogP contribution in [0, 0.1) is 13.8 Å². The highest BCUT2D eigenvalue weighted by Gasteiger charge is 2.29. The van der Waals surface area contributed by atoms with E-state index in [1.54, 1.807) is 41.1 Å². The van der Waals surface area contributed by atoms with Crippen LogP contribution in [0.4, 0.5) is 5.82 Å². The topological polar surface area (TPSA) is 108 Å². The third-order valence-corrected chi connectivity index (χ3v) is 7.43. The lowest BCUT2D eigenvalue weighted by Gasteiger charge is -2.13. The van der Waals surface area contributed by atoms with Crippen molar-refractivity contribution in [2.45, 2.75) is 43.5 Å². The van der Waals surface area contributed by atoms with Crippen molar-refractivity contribution in [2.24, 2.45) is 0 Å². The van der Waals surface area contributed by atoms with E-state index in [0.717, 1.165) is 11.1 Å². The molecule has 3 heterocycles. The summed E-state index contributed by atoms with van der Waals surface area (Å²) in [7, 11) is -3.97. The molecule has 0 aliphatic heterocycles. The number of pyridine rings is 2. The highest BCUT2D eigenvalue weighted by molar-refractivity contribution is 7.91. The summed E-state index contributed by atoms with van der Waals surface area (Å²) in [4.78, 5) is 18.1. The first kappa shape index (κ1) is 22.9. The van der Waals surface area contributed by atoms with Gasteiger partial charge in [-0.15, -0.1) is 0 Å². The number of hydrogen-bond acceptors (Lipinski definition) is 6. The molecule has 0 amide bonds. The van der Waals surface area contributed by atoms with Gasteiger partial charge >= 0.3 is 0 Å². The number of anilines is 1. The van der Waals surface area contributed by atoms with Crippen LogP contribution < -0.4 is 15.9 Å². The molecule has 4 aromatic rings. The first-order valence-corrected chi connectivity index (χ1v) is 12.3. The molecular formula is C24H27N4O4S+. The summed E-state index contributed by atoms with van der Waals surface area (Å²) in [5.74, 6) is 0.0457. The van der Waals surface area contributed by atoms with E-state index in [1.165, 1.54) is 10.5 Å². The quantitative estimate of drug-likeness (QED) is 0.254. The second kappa shape index (κ2) is 8.92. The van der Waals surface area contributed by atoms with E-state index in [-0.39, 0.29) is 26.6 Å². The number of nitrogens with zero attached hydrogens (tertiary/aromatic N) is 3. The van der Waals surface area contributed by atoms with E-state index in [1.807, 2.05) is 26.8 Å². The maximum Gasteiger partial charge on any atom is 0.278 e. The van der Waals surface area contributed by atoms with Crippen LogP contribution >= 0.6 is 0 Å². The third-order valence-electron chi connectivity index (χ3n) is 5.63. The van der Waals surface area contributed by atoms with Crippen LogP contribution in [0.25, 0.3) is 16.7 Å². The van der Waals surface area contributed by atoms with Gasteiger partial charge in [0, 0.05) is 31.4 Å². The van der Waals surface area contributed by atoms with E-state index in [2.05, 4.69) is 0 Å². The molecule has 0 bridgehead atoms.